The second kappa shape index (κ2) is 7.89. The van der Waals surface area contributed by atoms with Gasteiger partial charge in [0.15, 0.2) is 5.82 Å². The number of nitrogens with zero attached hydrogens (tertiary/aromatic N) is 3. The third-order valence-electron chi connectivity index (χ3n) is 4.64. The zero-order valence-corrected chi connectivity index (χ0v) is 16.0. The van der Waals surface area contributed by atoms with Crippen LogP contribution in [0.2, 0.25) is 5.02 Å². The molecule has 2 aromatic carbocycles. The molecule has 0 spiro atoms. The molecular weight excluding hydrogens is 392 g/mol. The second-order valence-corrected chi connectivity index (χ2v) is 7.16. The molecule has 1 aromatic heterocycles. The maximum Gasteiger partial charge on any atom is 0.229 e. The lowest BCUT2D eigenvalue weighted by molar-refractivity contribution is -0.122. The molecule has 1 fully saturated rings. The minimum absolute atomic E-state index is 0.122. The highest BCUT2D eigenvalue weighted by Crippen LogP contribution is 2.28. The van der Waals surface area contributed by atoms with E-state index in [-0.39, 0.29) is 30.5 Å². The number of amides is 2. The number of nitrogens with one attached hydrogen (secondary N) is 1. The van der Waals surface area contributed by atoms with E-state index in [1.807, 2.05) is 0 Å². The van der Waals surface area contributed by atoms with Crippen molar-refractivity contribution in [2.45, 2.75) is 6.42 Å². The summed E-state index contributed by atoms with van der Waals surface area (Å²) >= 11 is 6.00. The minimum Gasteiger partial charge on any atom is -0.508 e. The van der Waals surface area contributed by atoms with Gasteiger partial charge in [0.05, 0.1) is 24.0 Å². The summed E-state index contributed by atoms with van der Waals surface area (Å²) in [4.78, 5) is 35.0. The van der Waals surface area contributed by atoms with E-state index in [1.54, 1.807) is 53.4 Å². The van der Waals surface area contributed by atoms with Gasteiger partial charge >= 0.3 is 0 Å². The fourth-order valence-corrected chi connectivity index (χ4v) is 3.39. The molecule has 2 N–H and O–H groups in total. The van der Waals surface area contributed by atoms with Gasteiger partial charge in [-0.1, -0.05) is 29.8 Å². The van der Waals surface area contributed by atoms with Crippen LogP contribution in [0, 0.1) is 5.92 Å². The van der Waals surface area contributed by atoms with Crippen LogP contribution in [0.3, 0.4) is 0 Å². The van der Waals surface area contributed by atoms with E-state index in [1.165, 1.54) is 12.4 Å². The van der Waals surface area contributed by atoms with Crippen molar-refractivity contribution in [1.29, 1.82) is 0 Å². The molecule has 29 heavy (non-hydrogen) atoms. The van der Waals surface area contributed by atoms with Crippen LogP contribution in [0.1, 0.15) is 6.42 Å². The Hall–Kier alpha value is -3.45. The first-order chi connectivity index (χ1) is 14.0. The molecule has 146 valence electrons. The zero-order valence-electron chi connectivity index (χ0n) is 15.2. The van der Waals surface area contributed by atoms with Crippen molar-refractivity contribution in [2.24, 2.45) is 5.92 Å². The van der Waals surface area contributed by atoms with Gasteiger partial charge in [-0.15, -0.1) is 0 Å². The van der Waals surface area contributed by atoms with Crippen LogP contribution in [-0.2, 0) is 9.59 Å². The van der Waals surface area contributed by atoms with E-state index in [0.29, 0.717) is 27.8 Å². The second-order valence-electron chi connectivity index (χ2n) is 6.72. The number of hydrogen-bond donors (Lipinski definition) is 2. The first kappa shape index (κ1) is 18.9. The molecule has 1 aliphatic heterocycles. The van der Waals surface area contributed by atoms with Gasteiger partial charge in [-0.05, 0) is 30.3 Å². The van der Waals surface area contributed by atoms with Crippen molar-refractivity contribution in [3.63, 3.8) is 0 Å². The van der Waals surface area contributed by atoms with Crippen molar-refractivity contribution in [3.05, 3.63) is 65.9 Å². The smallest absolute Gasteiger partial charge is 0.229 e. The van der Waals surface area contributed by atoms with E-state index in [4.69, 9.17) is 11.6 Å². The van der Waals surface area contributed by atoms with Gasteiger partial charge in [0.25, 0.3) is 0 Å². The molecule has 4 rings (SSSR count). The molecule has 1 unspecified atom stereocenters. The Morgan fingerprint density at radius 1 is 1.14 bits per heavy atom. The number of benzene rings is 2. The zero-order chi connectivity index (χ0) is 20.4. The van der Waals surface area contributed by atoms with Crippen LogP contribution in [0.25, 0.3) is 11.4 Å². The number of rotatable bonds is 4. The Bertz CT molecular complexity index is 1070. The molecule has 0 saturated carbocycles. The van der Waals surface area contributed by atoms with Gasteiger partial charge in [-0.25, -0.2) is 9.97 Å². The molecule has 0 bridgehead atoms. The average molecular weight is 409 g/mol. The van der Waals surface area contributed by atoms with Gasteiger partial charge < -0.3 is 15.3 Å². The van der Waals surface area contributed by atoms with Crippen molar-refractivity contribution in [3.8, 4) is 17.1 Å². The van der Waals surface area contributed by atoms with Crippen LogP contribution in [-0.4, -0.2) is 33.4 Å². The van der Waals surface area contributed by atoms with Crippen LogP contribution in [0.5, 0.6) is 5.75 Å². The lowest BCUT2D eigenvalue weighted by Gasteiger charge is -2.17. The van der Waals surface area contributed by atoms with Gasteiger partial charge in [0, 0.05) is 29.2 Å². The van der Waals surface area contributed by atoms with E-state index in [2.05, 4.69) is 15.3 Å². The first-order valence-corrected chi connectivity index (χ1v) is 9.35. The summed E-state index contributed by atoms with van der Waals surface area (Å²) in [7, 11) is 0. The molecule has 7 nitrogen and oxygen atoms in total. The van der Waals surface area contributed by atoms with E-state index >= 15 is 0 Å². The highest BCUT2D eigenvalue weighted by atomic mass is 35.5. The molecule has 0 aliphatic carbocycles. The van der Waals surface area contributed by atoms with Crippen LogP contribution in [0.15, 0.2) is 60.9 Å². The topological polar surface area (TPSA) is 95.4 Å². The molecule has 1 atom stereocenters. The molecule has 8 heteroatoms. The highest BCUT2D eigenvalue weighted by Gasteiger charge is 2.35. The summed E-state index contributed by atoms with van der Waals surface area (Å²) in [6.45, 7) is 0.285. The molecule has 1 aliphatic rings. The van der Waals surface area contributed by atoms with Crippen molar-refractivity contribution >= 4 is 34.8 Å². The van der Waals surface area contributed by atoms with Crippen LogP contribution in [0.4, 0.5) is 11.4 Å². The monoisotopic (exact) mass is 408 g/mol. The lowest BCUT2D eigenvalue weighted by Crippen LogP contribution is -2.28. The Balaban J connectivity index is 1.42. The van der Waals surface area contributed by atoms with Gasteiger partial charge in [0.1, 0.15) is 5.75 Å². The third-order valence-corrected chi connectivity index (χ3v) is 4.87. The minimum atomic E-state index is -0.479. The lowest BCUT2D eigenvalue weighted by atomic mass is 10.1. The predicted molar refractivity (Wildman–Crippen MR) is 110 cm³/mol. The fourth-order valence-electron chi connectivity index (χ4n) is 3.21. The van der Waals surface area contributed by atoms with Crippen molar-refractivity contribution in [1.82, 2.24) is 9.97 Å². The summed E-state index contributed by atoms with van der Waals surface area (Å²) in [5.41, 5.74) is 1.78. The van der Waals surface area contributed by atoms with E-state index in [9.17, 15) is 14.7 Å². The van der Waals surface area contributed by atoms with E-state index < -0.39 is 5.92 Å². The number of phenols is 1. The quantitative estimate of drug-likeness (QED) is 0.689. The Labute approximate surface area is 172 Å². The SMILES string of the molecule is O=C(Nc1cnc(-c2cccc(O)c2)nc1)C1CC(=O)N(c2cccc(Cl)c2)C1. The summed E-state index contributed by atoms with van der Waals surface area (Å²) < 4.78 is 0. The van der Waals surface area contributed by atoms with Gasteiger partial charge in [-0.2, -0.15) is 0 Å². The summed E-state index contributed by atoms with van der Waals surface area (Å²) in [5, 5.41) is 12.9. The van der Waals surface area contributed by atoms with Gasteiger partial charge in [0.2, 0.25) is 11.8 Å². The number of carbonyl (C=O) groups excluding carboxylic acids is 2. The number of hydrogen-bond acceptors (Lipinski definition) is 5. The predicted octanol–water partition coefficient (Wildman–Crippen LogP) is 3.49. The number of phenolic OH excluding ortho intramolecular Hbond substituents is 1. The molecule has 2 heterocycles. The van der Waals surface area contributed by atoms with E-state index in [0.717, 1.165) is 0 Å². The third kappa shape index (κ3) is 4.20. The molecule has 2 amide bonds. The number of carbonyl (C=O) groups is 2. The molecule has 0 radical (unpaired) electrons. The highest BCUT2D eigenvalue weighted by molar-refractivity contribution is 6.31. The molecule has 1 saturated heterocycles. The number of aromatic hydroxyl groups is 1. The summed E-state index contributed by atoms with van der Waals surface area (Å²) in [5.74, 6) is -0.313. The Morgan fingerprint density at radius 3 is 2.62 bits per heavy atom. The Kier molecular flexibility index (Phi) is 5.14. The van der Waals surface area contributed by atoms with Crippen molar-refractivity contribution < 1.29 is 14.7 Å². The fraction of sp³-hybridized carbons (Fsp3) is 0.143. The summed E-state index contributed by atoms with van der Waals surface area (Å²) in [6.07, 6.45) is 3.12. The average Bonchev–Trinajstić information content (AvgIpc) is 3.10. The Morgan fingerprint density at radius 2 is 1.90 bits per heavy atom. The maximum atomic E-state index is 12.6. The normalized spacial score (nSPS) is 16.1. The first-order valence-electron chi connectivity index (χ1n) is 8.98. The molecular formula is C21H17ClN4O3. The number of anilines is 2. The largest absolute Gasteiger partial charge is 0.508 e. The van der Waals surface area contributed by atoms with Gasteiger partial charge in [-0.3, -0.25) is 9.59 Å². The van der Waals surface area contributed by atoms with Crippen LogP contribution < -0.4 is 10.2 Å². The van der Waals surface area contributed by atoms with Crippen molar-refractivity contribution in [2.75, 3.05) is 16.8 Å². The number of aromatic nitrogens is 2. The molecule has 3 aromatic rings. The standard InChI is InChI=1S/C21H17ClN4O3/c22-15-4-2-5-17(9-15)26-12-14(8-19(26)28)21(29)25-16-10-23-20(24-11-16)13-3-1-6-18(27)7-13/h1-7,9-11,14,27H,8,12H2,(H,25,29). The van der Waals surface area contributed by atoms with Crippen LogP contribution >= 0.6 is 11.6 Å². The maximum absolute atomic E-state index is 12.6. The summed E-state index contributed by atoms with van der Waals surface area (Å²) in [6, 6.07) is 13.6. The number of halogens is 1.